The average Bonchev–Trinajstić information content (AvgIpc) is 2.77. The van der Waals surface area contributed by atoms with E-state index in [1.54, 1.807) is 0 Å². The van der Waals surface area contributed by atoms with E-state index in [9.17, 15) is 0 Å². The van der Waals surface area contributed by atoms with Gasteiger partial charge < -0.3 is 10.5 Å². The summed E-state index contributed by atoms with van der Waals surface area (Å²) in [4.78, 5) is 0. The van der Waals surface area contributed by atoms with Crippen molar-refractivity contribution in [1.29, 1.82) is 0 Å². The molecular formula is C19H25NO. The number of ether oxygens (including phenoxy) is 1. The van der Waals surface area contributed by atoms with Gasteiger partial charge in [0.15, 0.2) is 0 Å². The highest BCUT2D eigenvalue weighted by Crippen LogP contribution is 2.71. The molecule has 0 spiro atoms. The molecule has 21 heavy (non-hydrogen) atoms. The summed E-state index contributed by atoms with van der Waals surface area (Å²) in [6.07, 6.45) is 4.45. The molecule has 2 N–H and O–H groups in total. The molecule has 3 aliphatic carbocycles. The van der Waals surface area contributed by atoms with Crippen LogP contribution < -0.4 is 10.5 Å². The van der Waals surface area contributed by atoms with Gasteiger partial charge in [0.25, 0.3) is 0 Å². The summed E-state index contributed by atoms with van der Waals surface area (Å²) in [5.41, 5.74) is 9.50. The van der Waals surface area contributed by atoms with E-state index in [-0.39, 0.29) is 11.5 Å². The zero-order valence-electron chi connectivity index (χ0n) is 13.0. The Bertz CT molecular complexity index is 592. The Balaban J connectivity index is 1.44. The minimum atomic E-state index is 0.128. The van der Waals surface area contributed by atoms with Crippen LogP contribution in [0.25, 0.3) is 0 Å². The van der Waals surface area contributed by atoms with Crippen LogP contribution in [0.4, 0.5) is 0 Å². The molecule has 1 aromatic rings. The summed E-state index contributed by atoms with van der Waals surface area (Å²) in [6, 6.07) is 6.93. The molecule has 1 heterocycles. The third kappa shape index (κ3) is 1.57. The fraction of sp³-hybridized carbons (Fsp3) is 0.684. The van der Waals surface area contributed by atoms with E-state index in [1.807, 2.05) is 0 Å². The zero-order chi connectivity index (χ0) is 14.4. The van der Waals surface area contributed by atoms with Crippen LogP contribution in [0.1, 0.15) is 50.3 Å². The van der Waals surface area contributed by atoms with Crippen LogP contribution >= 0.6 is 0 Å². The van der Waals surface area contributed by atoms with E-state index in [4.69, 9.17) is 10.5 Å². The Kier molecular flexibility index (Phi) is 2.29. The SMILES string of the molecule is CC1(C)COc2ccc(C(N)C3C4C5CCC(C5)C43)cc21. The van der Waals surface area contributed by atoms with Crippen molar-refractivity contribution >= 4 is 0 Å². The molecule has 5 atom stereocenters. The largest absolute Gasteiger partial charge is 0.492 e. The molecule has 112 valence electrons. The summed E-state index contributed by atoms with van der Waals surface area (Å²) in [5, 5.41) is 0. The molecule has 1 aromatic carbocycles. The summed E-state index contributed by atoms with van der Waals surface area (Å²) in [6.45, 7) is 5.32. The number of hydrogen-bond acceptors (Lipinski definition) is 2. The van der Waals surface area contributed by atoms with Gasteiger partial charge in [0, 0.05) is 17.0 Å². The van der Waals surface area contributed by atoms with Crippen molar-refractivity contribution in [3.05, 3.63) is 29.3 Å². The molecular weight excluding hydrogens is 258 g/mol. The number of nitrogens with two attached hydrogens (primary N) is 1. The minimum absolute atomic E-state index is 0.128. The van der Waals surface area contributed by atoms with Gasteiger partial charge >= 0.3 is 0 Å². The second-order valence-corrected chi connectivity index (χ2v) is 8.52. The van der Waals surface area contributed by atoms with E-state index in [0.717, 1.165) is 41.9 Å². The second-order valence-electron chi connectivity index (χ2n) is 8.52. The summed E-state index contributed by atoms with van der Waals surface area (Å²) < 4.78 is 5.80. The quantitative estimate of drug-likeness (QED) is 0.899. The summed E-state index contributed by atoms with van der Waals surface area (Å²) in [5.74, 6) is 5.75. The molecule has 2 nitrogen and oxygen atoms in total. The maximum Gasteiger partial charge on any atom is 0.123 e. The van der Waals surface area contributed by atoms with Gasteiger partial charge in [-0.2, -0.15) is 0 Å². The van der Waals surface area contributed by atoms with Gasteiger partial charge in [-0.05, 0) is 66.5 Å². The van der Waals surface area contributed by atoms with Gasteiger partial charge in [-0.3, -0.25) is 0 Å². The van der Waals surface area contributed by atoms with Crippen LogP contribution in [0, 0.1) is 29.6 Å². The predicted octanol–water partition coefficient (Wildman–Crippen LogP) is 3.65. The van der Waals surface area contributed by atoms with Crippen LogP contribution in [0.2, 0.25) is 0 Å². The number of fused-ring (bicyclic) bond motifs is 6. The third-order valence-electron chi connectivity index (χ3n) is 6.92. The second kappa shape index (κ2) is 3.84. The molecule has 5 unspecified atom stereocenters. The van der Waals surface area contributed by atoms with Crippen molar-refractivity contribution in [1.82, 2.24) is 0 Å². The van der Waals surface area contributed by atoms with Crippen LogP contribution in [0.5, 0.6) is 5.75 Å². The van der Waals surface area contributed by atoms with Gasteiger partial charge in [0.05, 0.1) is 6.61 Å². The van der Waals surface area contributed by atoms with E-state index in [2.05, 4.69) is 32.0 Å². The van der Waals surface area contributed by atoms with Crippen molar-refractivity contribution in [3.8, 4) is 5.75 Å². The van der Waals surface area contributed by atoms with Crippen molar-refractivity contribution in [2.45, 2.75) is 44.6 Å². The normalized spacial score (nSPS) is 42.3. The summed E-state index contributed by atoms with van der Waals surface area (Å²) in [7, 11) is 0. The lowest BCUT2D eigenvalue weighted by atomic mass is 9.84. The van der Waals surface area contributed by atoms with Crippen LogP contribution in [0.15, 0.2) is 18.2 Å². The highest BCUT2D eigenvalue weighted by molar-refractivity contribution is 5.46. The first-order valence-corrected chi connectivity index (χ1v) is 8.59. The lowest BCUT2D eigenvalue weighted by Gasteiger charge is -2.20. The van der Waals surface area contributed by atoms with Gasteiger partial charge in [-0.1, -0.05) is 19.9 Å². The number of rotatable bonds is 2. The molecule has 2 bridgehead atoms. The standard InChI is InChI=1S/C19H25NO/c1-19(2)9-21-14-6-5-12(8-13(14)19)18(20)17-15-10-3-4-11(7-10)16(15)17/h5-6,8,10-11,15-18H,3-4,7,9,20H2,1-2H3. The highest BCUT2D eigenvalue weighted by Gasteiger charge is 2.66. The van der Waals surface area contributed by atoms with Crippen molar-refractivity contribution in [3.63, 3.8) is 0 Å². The fourth-order valence-corrected chi connectivity index (χ4v) is 5.84. The van der Waals surface area contributed by atoms with E-state index >= 15 is 0 Å². The third-order valence-corrected chi connectivity index (χ3v) is 6.92. The number of hydrogen-bond donors (Lipinski definition) is 1. The van der Waals surface area contributed by atoms with Crippen molar-refractivity contribution in [2.75, 3.05) is 6.61 Å². The first-order chi connectivity index (χ1) is 10.1. The van der Waals surface area contributed by atoms with Gasteiger partial charge in [0.2, 0.25) is 0 Å². The Morgan fingerprint density at radius 2 is 1.90 bits per heavy atom. The average molecular weight is 283 g/mol. The molecule has 3 saturated carbocycles. The Hall–Kier alpha value is -1.02. The summed E-state index contributed by atoms with van der Waals surface area (Å²) >= 11 is 0. The van der Waals surface area contributed by atoms with E-state index in [0.29, 0.717) is 0 Å². The van der Waals surface area contributed by atoms with Gasteiger partial charge in [0.1, 0.15) is 5.75 Å². The molecule has 0 radical (unpaired) electrons. The lowest BCUT2D eigenvalue weighted by Crippen LogP contribution is -2.20. The van der Waals surface area contributed by atoms with Crippen molar-refractivity contribution in [2.24, 2.45) is 35.3 Å². The molecule has 0 aromatic heterocycles. The maximum absolute atomic E-state index is 6.68. The molecule has 4 aliphatic rings. The molecule has 5 rings (SSSR count). The Morgan fingerprint density at radius 3 is 2.62 bits per heavy atom. The topological polar surface area (TPSA) is 35.2 Å². The van der Waals surface area contributed by atoms with Crippen LogP contribution in [-0.2, 0) is 5.41 Å². The predicted molar refractivity (Wildman–Crippen MR) is 83.2 cm³/mol. The van der Waals surface area contributed by atoms with Gasteiger partial charge in [-0.15, -0.1) is 0 Å². The molecule has 3 fully saturated rings. The Labute approximate surface area is 127 Å². The number of benzene rings is 1. The van der Waals surface area contributed by atoms with Crippen LogP contribution in [-0.4, -0.2) is 6.61 Å². The lowest BCUT2D eigenvalue weighted by molar-refractivity contribution is 0.291. The minimum Gasteiger partial charge on any atom is -0.492 e. The van der Waals surface area contributed by atoms with Gasteiger partial charge in [-0.25, -0.2) is 0 Å². The highest BCUT2D eigenvalue weighted by atomic mass is 16.5. The maximum atomic E-state index is 6.68. The van der Waals surface area contributed by atoms with Crippen LogP contribution in [0.3, 0.4) is 0 Å². The first-order valence-electron chi connectivity index (χ1n) is 8.59. The smallest absolute Gasteiger partial charge is 0.123 e. The van der Waals surface area contributed by atoms with E-state index in [1.165, 1.54) is 30.4 Å². The zero-order valence-corrected chi connectivity index (χ0v) is 13.0. The molecule has 0 amide bonds. The van der Waals surface area contributed by atoms with Crippen molar-refractivity contribution < 1.29 is 4.74 Å². The molecule has 0 saturated heterocycles. The Morgan fingerprint density at radius 1 is 1.19 bits per heavy atom. The molecule has 1 aliphatic heterocycles. The first kappa shape index (κ1) is 12.5. The molecule has 2 heteroatoms. The fourth-order valence-electron chi connectivity index (χ4n) is 5.84. The monoisotopic (exact) mass is 283 g/mol. The van der Waals surface area contributed by atoms with E-state index < -0.39 is 0 Å².